The second kappa shape index (κ2) is 8.06. The van der Waals surface area contributed by atoms with Gasteiger partial charge in [-0.2, -0.15) is 9.40 Å². The van der Waals surface area contributed by atoms with Crippen LogP contribution in [0, 0.1) is 18.8 Å². The molecule has 0 atom stereocenters. The summed E-state index contributed by atoms with van der Waals surface area (Å²) in [4.78, 5) is 13.3. The number of hydrogen-bond acceptors (Lipinski definition) is 4. The van der Waals surface area contributed by atoms with Crippen molar-refractivity contribution in [3.8, 4) is 0 Å². The zero-order valence-electron chi connectivity index (χ0n) is 18.0. The average Bonchev–Trinajstić information content (AvgIpc) is 3.36. The van der Waals surface area contributed by atoms with E-state index in [0.717, 1.165) is 42.8 Å². The van der Waals surface area contributed by atoms with Crippen LogP contribution in [0.4, 0.5) is 5.82 Å². The number of aryl methyl sites for hydroxylation is 3. The number of sulfonamides is 1. The first kappa shape index (κ1) is 20.7. The number of hydrogen-bond donors (Lipinski definition) is 1. The molecule has 1 saturated heterocycles. The summed E-state index contributed by atoms with van der Waals surface area (Å²) < 4.78 is 29.7. The summed E-state index contributed by atoms with van der Waals surface area (Å²) in [7, 11) is -3.52. The minimum Gasteiger partial charge on any atom is -0.310 e. The molecule has 31 heavy (non-hydrogen) atoms. The minimum absolute atomic E-state index is 0.0322. The maximum Gasteiger partial charge on any atom is 0.243 e. The number of nitrogens with zero attached hydrogens (tertiary/aromatic N) is 3. The van der Waals surface area contributed by atoms with Gasteiger partial charge in [-0.1, -0.05) is 6.07 Å². The van der Waals surface area contributed by atoms with E-state index in [-0.39, 0.29) is 11.8 Å². The van der Waals surface area contributed by atoms with Crippen LogP contribution in [-0.4, -0.2) is 41.5 Å². The van der Waals surface area contributed by atoms with Gasteiger partial charge < -0.3 is 5.32 Å². The van der Waals surface area contributed by atoms with Crippen LogP contribution >= 0.6 is 0 Å². The highest BCUT2D eigenvalue weighted by molar-refractivity contribution is 7.89. The summed E-state index contributed by atoms with van der Waals surface area (Å²) in [5.74, 6) is 1.23. The van der Waals surface area contributed by atoms with Crippen molar-refractivity contribution in [2.45, 2.75) is 63.3 Å². The van der Waals surface area contributed by atoms with Crippen LogP contribution < -0.4 is 5.32 Å². The zero-order chi connectivity index (χ0) is 21.6. The molecule has 166 valence electrons. The highest BCUT2D eigenvalue weighted by Gasteiger charge is 2.33. The molecule has 1 saturated carbocycles. The number of carbonyl (C=O) groups is 1. The Hall–Kier alpha value is -2.19. The van der Waals surface area contributed by atoms with Crippen molar-refractivity contribution in [3.05, 3.63) is 41.1 Å². The van der Waals surface area contributed by atoms with Crippen LogP contribution in [-0.2, 0) is 34.2 Å². The normalized spacial score (nSPS) is 20.0. The molecule has 1 N–H and O–H groups in total. The molecule has 7 nitrogen and oxygen atoms in total. The zero-order valence-corrected chi connectivity index (χ0v) is 18.8. The molecule has 0 unspecified atom stereocenters. The number of piperidine rings is 1. The SMILES string of the molecule is Cc1cnn(CC2CC2)c1NC(=O)C1CCN(S(=O)(=O)c2ccc3c(c2)CCC3)CC1. The number of fused-ring (bicyclic) bond motifs is 1. The third-order valence-corrected chi connectivity index (χ3v) is 8.82. The maximum atomic E-state index is 13.1. The van der Waals surface area contributed by atoms with Gasteiger partial charge in [0.25, 0.3) is 0 Å². The predicted molar refractivity (Wildman–Crippen MR) is 118 cm³/mol. The standard InChI is InChI=1S/C23H30N4O3S/c1-16-14-24-27(15-17-5-6-17)22(16)25-23(28)19-9-11-26(12-10-19)31(29,30)21-8-7-18-3-2-4-20(18)13-21/h7-8,13-14,17,19H,2-6,9-12,15H2,1H3,(H,25,28). The number of benzene rings is 1. The van der Waals surface area contributed by atoms with E-state index in [0.29, 0.717) is 36.7 Å². The second-order valence-electron chi connectivity index (χ2n) is 9.25. The lowest BCUT2D eigenvalue weighted by Crippen LogP contribution is -2.41. The van der Waals surface area contributed by atoms with Gasteiger partial charge in [-0.05, 0) is 81.0 Å². The Morgan fingerprint density at radius 3 is 2.61 bits per heavy atom. The van der Waals surface area contributed by atoms with Gasteiger partial charge in [0, 0.05) is 31.1 Å². The predicted octanol–water partition coefficient (Wildman–Crippen LogP) is 3.13. The van der Waals surface area contributed by atoms with E-state index in [2.05, 4.69) is 10.4 Å². The van der Waals surface area contributed by atoms with Crippen molar-refractivity contribution in [1.82, 2.24) is 14.1 Å². The molecular weight excluding hydrogens is 412 g/mol. The Balaban J connectivity index is 1.22. The van der Waals surface area contributed by atoms with Crippen LogP contribution in [0.2, 0.25) is 0 Å². The molecule has 5 rings (SSSR count). The lowest BCUT2D eigenvalue weighted by molar-refractivity contribution is -0.121. The lowest BCUT2D eigenvalue weighted by Gasteiger charge is -2.30. The van der Waals surface area contributed by atoms with E-state index in [4.69, 9.17) is 0 Å². The summed E-state index contributed by atoms with van der Waals surface area (Å²) >= 11 is 0. The number of anilines is 1. The largest absolute Gasteiger partial charge is 0.310 e. The van der Waals surface area contributed by atoms with Crippen LogP contribution in [0.1, 0.15) is 48.8 Å². The molecule has 0 radical (unpaired) electrons. The first-order valence-electron chi connectivity index (χ1n) is 11.4. The third-order valence-electron chi connectivity index (χ3n) is 6.92. The lowest BCUT2D eigenvalue weighted by atomic mass is 9.97. The molecule has 3 aliphatic rings. The Labute approximate surface area is 183 Å². The Morgan fingerprint density at radius 2 is 1.87 bits per heavy atom. The third kappa shape index (κ3) is 4.15. The number of amides is 1. The fraction of sp³-hybridized carbons (Fsp3) is 0.565. The summed E-state index contributed by atoms with van der Waals surface area (Å²) in [5, 5.41) is 7.48. The summed E-state index contributed by atoms with van der Waals surface area (Å²) in [6.45, 7) is 3.55. The first-order valence-corrected chi connectivity index (χ1v) is 12.8. The van der Waals surface area contributed by atoms with Crippen LogP contribution in [0.3, 0.4) is 0 Å². The van der Waals surface area contributed by atoms with E-state index in [1.54, 1.807) is 12.3 Å². The minimum atomic E-state index is -3.52. The fourth-order valence-electron chi connectivity index (χ4n) is 4.76. The number of nitrogens with one attached hydrogen (secondary N) is 1. The molecule has 0 spiro atoms. The van der Waals surface area contributed by atoms with Crippen molar-refractivity contribution in [1.29, 1.82) is 0 Å². The topological polar surface area (TPSA) is 84.3 Å². The molecular formula is C23H30N4O3S. The second-order valence-corrected chi connectivity index (χ2v) is 11.2. The molecule has 2 fully saturated rings. The average molecular weight is 443 g/mol. The van der Waals surface area contributed by atoms with Gasteiger partial charge >= 0.3 is 0 Å². The van der Waals surface area contributed by atoms with E-state index in [9.17, 15) is 13.2 Å². The van der Waals surface area contributed by atoms with E-state index >= 15 is 0 Å². The van der Waals surface area contributed by atoms with Crippen molar-refractivity contribution in [3.63, 3.8) is 0 Å². The van der Waals surface area contributed by atoms with Crippen LogP contribution in [0.25, 0.3) is 0 Å². The summed E-state index contributed by atoms with van der Waals surface area (Å²) in [6, 6.07) is 5.55. The van der Waals surface area contributed by atoms with Crippen molar-refractivity contribution < 1.29 is 13.2 Å². The van der Waals surface area contributed by atoms with Crippen molar-refractivity contribution in [2.75, 3.05) is 18.4 Å². The van der Waals surface area contributed by atoms with Gasteiger partial charge in [0.15, 0.2) is 0 Å². The van der Waals surface area contributed by atoms with Crippen molar-refractivity contribution >= 4 is 21.7 Å². The molecule has 2 aromatic rings. The highest BCUT2D eigenvalue weighted by Crippen LogP contribution is 2.32. The van der Waals surface area contributed by atoms with Gasteiger partial charge in [-0.15, -0.1) is 0 Å². The van der Waals surface area contributed by atoms with Crippen molar-refractivity contribution in [2.24, 2.45) is 11.8 Å². The Bertz CT molecular complexity index is 1100. The van der Waals surface area contributed by atoms with E-state index in [1.807, 2.05) is 23.7 Å². The van der Waals surface area contributed by atoms with Gasteiger partial charge in [0.05, 0.1) is 11.1 Å². The smallest absolute Gasteiger partial charge is 0.243 e. The van der Waals surface area contributed by atoms with Gasteiger partial charge in [-0.3, -0.25) is 4.79 Å². The van der Waals surface area contributed by atoms with Gasteiger partial charge in [0.1, 0.15) is 5.82 Å². The number of aromatic nitrogens is 2. The summed E-state index contributed by atoms with van der Waals surface area (Å²) in [6.07, 6.45) is 8.40. The molecule has 1 aliphatic heterocycles. The molecule has 8 heteroatoms. The van der Waals surface area contributed by atoms with Gasteiger partial charge in [0.2, 0.25) is 15.9 Å². The molecule has 2 heterocycles. The molecule has 2 aliphatic carbocycles. The van der Waals surface area contributed by atoms with Crippen LogP contribution in [0.5, 0.6) is 0 Å². The highest BCUT2D eigenvalue weighted by atomic mass is 32.2. The van der Waals surface area contributed by atoms with Gasteiger partial charge in [-0.25, -0.2) is 13.1 Å². The monoisotopic (exact) mass is 442 g/mol. The molecule has 1 aromatic carbocycles. The fourth-order valence-corrected chi connectivity index (χ4v) is 6.28. The van der Waals surface area contributed by atoms with E-state index in [1.165, 1.54) is 22.7 Å². The van der Waals surface area contributed by atoms with E-state index < -0.39 is 10.0 Å². The Kier molecular flexibility index (Phi) is 5.38. The molecule has 1 amide bonds. The molecule has 0 bridgehead atoms. The Morgan fingerprint density at radius 1 is 1.13 bits per heavy atom. The molecule has 1 aromatic heterocycles. The number of rotatable bonds is 6. The first-order chi connectivity index (χ1) is 14.9. The maximum absolute atomic E-state index is 13.1. The number of carbonyl (C=O) groups excluding carboxylic acids is 1. The summed E-state index contributed by atoms with van der Waals surface area (Å²) in [5.41, 5.74) is 3.39. The van der Waals surface area contributed by atoms with Crippen LogP contribution in [0.15, 0.2) is 29.3 Å². The quantitative estimate of drug-likeness (QED) is 0.745.